The van der Waals surface area contributed by atoms with E-state index in [9.17, 15) is 5.11 Å². The molecule has 0 amide bonds. The molecule has 0 spiro atoms. The lowest BCUT2D eigenvalue weighted by Crippen LogP contribution is -2.49. The molecule has 0 aliphatic rings. The van der Waals surface area contributed by atoms with Gasteiger partial charge in [-0.2, -0.15) is 0 Å². The summed E-state index contributed by atoms with van der Waals surface area (Å²) in [5.41, 5.74) is -0.696. The molecule has 0 aliphatic carbocycles. The van der Waals surface area contributed by atoms with Crippen LogP contribution >= 0.6 is 22.9 Å². The zero-order chi connectivity index (χ0) is 19.4. The van der Waals surface area contributed by atoms with E-state index in [0.29, 0.717) is 7.48 Å². The maximum atomic E-state index is 10.4. The van der Waals surface area contributed by atoms with Gasteiger partial charge in [-0.3, -0.25) is 0 Å². The summed E-state index contributed by atoms with van der Waals surface area (Å²) in [5.74, 6) is 0. The Bertz CT molecular complexity index is 1160. The number of rotatable bonds is 4. The van der Waals surface area contributed by atoms with E-state index in [2.05, 4.69) is 36.4 Å². The molecule has 0 saturated carbocycles. The molecule has 2 nitrogen and oxygen atoms in total. The van der Waals surface area contributed by atoms with Gasteiger partial charge in [-0.05, 0) is 50.0 Å². The van der Waals surface area contributed by atoms with E-state index in [1.54, 1.807) is 25.2 Å². The fourth-order valence-electron chi connectivity index (χ4n) is 3.24. The van der Waals surface area contributed by atoms with E-state index in [1.165, 1.54) is 20.2 Å². The normalized spacial score (nSPS) is 13.0. The first kappa shape index (κ1) is 18.8. The van der Waals surface area contributed by atoms with E-state index in [4.69, 9.17) is 16.3 Å². The molecule has 0 atom stereocenters. The van der Waals surface area contributed by atoms with Gasteiger partial charge in [-0.1, -0.05) is 54.1 Å². The standard InChI is InChI=1S/C22H22BClO2S/c1-21(2,25)22(3,4)26-23-18-13-9-5-6-10-14(13)20-17(19(18)24)15-11-7-8-12-16(15)27-20/h5-12,23,25H,1-4H3. The second-order valence-corrected chi connectivity index (χ2v) is 9.43. The van der Waals surface area contributed by atoms with Crippen molar-refractivity contribution in [1.29, 1.82) is 0 Å². The van der Waals surface area contributed by atoms with Crippen LogP contribution in [0.2, 0.25) is 5.02 Å². The van der Waals surface area contributed by atoms with Crippen LogP contribution in [0.5, 0.6) is 0 Å². The fraction of sp³-hybridized carbons (Fsp3) is 0.273. The summed E-state index contributed by atoms with van der Waals surface area (Å²) in [7, 11) is 0.344. The molecular formula is C22H22BClO2S. The average Bonchev–Trinajstić information content (AvgIpc) is 3.00. The first-order chi connectivity index (χ1) is 12.7. The van der Waals surface area contributed by atoms with Gasteiger partial charge in [0, 0.05) is 25.2 Å². The molecular weight excluding hydrogens is 375 g/mol. The van der Waals surface area contributed by atoms with Crippen molar-refractivity contribution in [3.8, 4) is 0 Å². The zero-order valence-electron chi connectivity index (χ0n) is 16.0. The molecule has 1 N–H and O–H groups in total. The van der Waals surface area contributed by atoms with Crippen molar-refractivity contribution in [3.05, 3.63) is 53.6 Å². The van der Waals surface area contributed by atoms with Gasteiger partial charge < -0.3 is 9.76 Å². The van der Waals surface area contributed by atoms with Gasteiger partial charge in [0.1, 0.15) is 0 Å². The summed E-state index contributed by atoms with van der Waals surface area (Å²) in [4.78, 5) is 0. The molecule has 3 aromatic carbocycles. The molecule has 138 valence electrons. The molecule has 0 fully saturated rings. The lowest BCUT2D eigenvalue weighted by atomic mass is 9.79. The summed E-state index contributed by atoms with van der Waals surface area (Å²) in [6.45, 7) is 7.34. The van der Waals surface area contributed by atoms with Crippen LogP contribution in [-0.4, -0.2) is 23.8 Å². The Morgan fingerprint density at radius 3 is 2.19 bits per heavy atom. The van der Waals surface area contributed by atoms with Crippen LogP contribution in [0.3, 0.4) is 0 Å². The van der Waals surface area contributed by atoms with Gasteiger partial charge in [-0.15, -0.1) is 11.3 Å². The number of aliphatic hydroxyl groups is 1. The van der Waals surface area contributed by atoms with Crippen molar-refractivity contribution in [2.24, 2.45) is 0 Å². The van der Waals surface area contributed by atoms with Crippen molar-refractivity contribution in [2.45, 2.75) is 38.9 Å². The summed E-state index contributed by atoms with van der Waals surface area (Å²) < 4.78 is 8.62. The van der Waals surface area contributed by atoms with Crippen LogP contribution in [0.4, 0.5) is 0 Å². The molecule has 4 aromatic rings. The highest BCUT2D eigenvalue weighted by molar-refractivity contribution is 7.26. The van der Waals surface area contributed by atoms with Gasteiger partial charge in [0.2, 0.25) is 0 Å². The summed E-state index contributed by atoms with van der Waals surface area (Å²) >= 11 is 8.72. The summed E-state index contributed by atoms with van der Waals surface area (Å²) in [5, 5.41) is 15.7. The van der Waals surface area contributed by atoms with Crippen LogP contribution in [0.15, 0.2) is 48.5 Å². The van der Waals surface area contributed by atoms with Crippen LogP contribution in [0.1, 0.15) is 27.7 Å². The number of hydrogen-bond acceptors (Lipinski definition) is 3. The van der Waals surface area contributed by atoms with Crippen LogP contribution < -0.4 is 5.46 Å². The van der Waals surface area contributed by atoms with Crippen LogP contribution in [0.25, 0.3) is 30.9 Å². The number of benzene rings is 3. The van der Waals surface area contributed by atoms with Crippen molar-refractivity contribution in [2.75, 3.05) is 0 Å². The topological polar surface area (TPSA) is 29.5 Å². The van der Waals surface area contributed by atoms with E-state index in [0.717, 1.165) is 21.3 Å². The molecule has 0 radical (unpaired) electrons. The van der Waals surface area contributed by atoms with E-state index < -0.39 is 11.2 Å². The summed E-state index contributed by atoms with van der Waals surface area (Å²) in [6, 6.07) is 16.7. The minimum absolute atomic E-state index is 0.344. The van der Waals surface area contributed by atoms with Gasteiger partial charge in [0.25, 0.3) is 0 Å². The summed E-state index contributed by atoms with van der Waals surface area (Å²) in [6.07, 6.45) is 0. The second-order valence-electron chi connectivity index (χ2n) is 8.00. The van der Waals surface area contributed by atoms with Crippen molar-refractivity contribution < 1.29 is 9.76 Å². The molecule has 1 heterocycles. The molecule has 1 aromatic heterocycles. The maximum absolute atomic E-state index is 10.4. The third-order valence-electron chi connectivity index (χ3n) is 5.63. The van der Waals surface area contributed by atoms with Crippen molar-refractivity contribution in [1.82, 2.24) is 0 Å². The fourth-order valence-corrected chi connectivity index (χ4v) is 4.89. The Balaban J connectivity index is 1.96. The van der Waals surface area contributed by atoms with Crippen LogP contribution in [-0.2, 0) is 4.65 Å². The Labute approximate surface area is 169 Å². The minimum Gasteiger partial charge on any atom is -0.427 e. The Morgan fingerprint density at radius 1 is 0.926 bits per heavy atom. The van der Waals surface area contributed by atoms with Crippen molar-refractivity contribution >= 4 is 66.8 Å². The predicted molar refractivity (Wildman–Crippen MR) is 120 cm³/mol. The third-order valence-corrected chi connectivity index (χ3v) is 7.25. The lowest BCUT2D eigenvalue weighted by molar-refractivity contribution is -0.0893. The first-order valence-electron chi connectivity index (χ1n) is 9.07. The predicted octanol–water partition coefficient (Wildman–Crippen LogP) is 5.40. The number of halogens is 1. The highest BCUT2D eigenvalue weighted by Crippen LogP contribution is 2.41. The molecule has 0 aliphatic heterocycles. The smallest absolute Gasteiger partial charge is 0.311 e. The Hall–Kier alpha value is -1.59. The lowest BCUT2D eigenvalue weighted by Gasteiger charge is -2.37. The number of fused-ring (bicyclic) bond motifs is 5. The highest BCUT2D eigenvalue weighted by Gasteiger charge is 2.36. The largest absolute Gasteiger partial charge is 0.427 e. The van der Waals surface area contributed by atoms with Gasteiger partial charge in [0.05, 0.1) is 11.2 Å². The van der Waals surface area contributed by atoms with E-state index >= 15 is 0 Å². The SMILES string of the molecule is CC(C)(O)C(C)(C)OBc1c(Cl)c2c3ccccc3sc2c2ccccc12. The average molecular weight is 397 g/mol. The molecule has 4 rings (SSSR count). The quantitative estimate of drug-likeness (QED) is 0.468. The van der Waals surface area contributed by atoms with E-state index in [-0.39, 0.29) is 0 Å². The van der Waals surface area contributed by atoms with Crippen LogP contribution in [0, 0.1) is 0 Å². The Morgan fingerprint density at radius 2 is 1.52 bits per heavy atom. The van der Waals surface area contributed by atoms with E-state index in [1.807, 2.05) is 26.0 Å². The van der Waals surface area contributed by atoms with Gasteiger partial charge in [0.15, 0.2) is 0 Å². The van der Waals surface area contributed by atoms with Crippen molar-refractivity contribution in [3.63, 3.8) is 0 Å². The second kappa shape index (κ2) is 6.49. The third kappa shape index (κ3) is 3.05. The monoisotopic (exact) mass is 396 g/mol. The first-order valence-corrected chi connectivity index (χ1v) is 10.3. The van der Waals surface area contributed by atoms with Gasteiger partial charge in [-0.25, -0.2) is 0 Å². The minimum atomic E-state index is -0.964. The number of hydrogen-bond donors (Lipinski definition) is 1. The molecule has 5 heteroatoms. The molecule has 0 unspecified atom stereocenters. The number of thiophene rings is 1. The Kier molecular flexibility index (Phi) is 4.51. The maximum Gasteiger partial charge on any atom is 0.311 e. The molecule has 27 heavy (non-hydrogen) atoms. The molecule has 0 bridgehead atoms. The van der Waals surface area contributed by atoms with Gasteiger partial charge >= 0.3 is 7.48 Å². The highest BCUT2D eigenvalue weighted by atomic mass is 35.5. The molecule has 0 saturated heterocycles. The zero-order valence-corrected chi connectivity index (χ0v) is 17.5.